The number of para-hydroxylation sites is 1. The number of amides is 1. The lowest BCUT2D eigenvalue weighted by atomic mass is 9.99. The Balaban J connectivity index is 1.62. The third-order valence-corrected chi connectivity index (χ3v) is 7.39. The fraction of sp³-hybridized carbons (Fsp3) is 0.185. The van der Waals surface area contributed by atoms with Crippen LogP contribution < -0.4 is 5.32 Å². The number of fused-ring (bicyclic) bond motifs is 1. The average Bonchev–Trinajstić information content (AvgIpc) is 3.06. The highest BCUT2D eigenvalue weighted by atomic mass is 32.2. The molecule has 1 amide bonds. The molecule has 1 aromatic heterocycles. The molecule has 4 aromatic rings. The van der Waals surface area contributed by atoms with E-state index in [0.29, 0.717) is 0 Å². The van der Waals surface area contributed by atoms with E-state index in [0.717, 1.165) is 28.3 Å². The van der Waals surface area contributed by atoms with Crippen molar-refractivity contribution in [3.8, 4) is 16.8 Å². The van der Waals surface area contributed by atoms with E-state index in [2.05, 4.69) is 66.8 Å². The van der Waals surface area contributed by atoms with Crippen LogP contribution in [0.2, 0.25) is 0 Å². The predicted octanol–water partition coefficient (Wildman–Crippen LogP) is 6.32. The highest BCUT2D eigenvalue weighted by molar-refractivity contribution is 8.01. The van der Waals surface area contributed by atoms with Crippen molar-refractivity contribution in [2.45, 2.75) is 31.3 Å². The summed E-state index contributed by atoms with van der Waals surface area (Å²) in [5.74, 6) is 0.783. The summed E-state index contributed by atoms with van der Waals surface area (Å²) in [7, 11) is 0. The third kappa shape index (κ3) is 3.63. The lowest BCUT2D eigenvalue weighted by Gasteiger charge is -2.18. The second kappa shape index (κ2) is 8.32. The van der Waals surface area contributed by atoms with E-state index in [1.165, 1.54) is 16.7 Å². The zero-order valence-corrected chi connectivity index (χ0v) is 19.2. The molecule has 5 heteroatoms. The van der Waals surface area contributed by atoms with E-state index in [1.54, 1.807) is 11.8 Å². The maximum Gasteiger partial charge on any atom is 0.238 e. The van der Waals surface area contributed by atoms with Crippen LogP contribution in [0.1, 0.15) is 34.6 Å². The van der Waals surface area contributed by atoms with Crippen LogP contribution in [0.5, 0.6) is 0 Å². The molecule has 160 valence electrons. The van der Waals surface area contributed by atoms with Gasteiger partial charge in [0.1, 0.15) is 5.82 Å². The smallest absolute Gasteiger partial charge is 0.238 e. The molecule has 3 aromatic carbocycles. The maximum absolute atomic E-state index is 12.9. The molecular formula is C27H25N3OS. The number of carbonyl (C=O) groups excluding carboxylic acids is 1. The maximum atomic E-state index is 12.9. The number of carbonyl (C=O) groups is 1. The van der Waals surface area contributed by atoms with E-state index < -0.39 is 0 Å². The van der Waals surface area contributed by atoms with E-state index in [1.807, 2.05) is 42.8 Å². The summed E-state index contributed by atoms with van der Waals surface area (Å²) in [6, 6.07) is 27.2. The number of nitrogens with one attached hydrogen (secondary N) is 1. The molecule has 1 aliphatic rings. The number of hydrogen-bond donors (Lipinski definition) is 1. The lowest BCUT2D eigenvalue weighted by Crippen LogP contribution is -2.22. The Labute approximate surface area is 192 Å². The third-order valence-electron chi connectivity index (χ3n) is 5.98. The Morgan fingerprint density at radius 3 is 2.25 bits per heavy atom. The van der Waals surface area contributed by atoms with Crippen molar-refractivity contribution < 1.29 is 4.79 Å². The summed E-state index contributed by atoms with van der Waals surface area (Å²) in [5.41, 5.74) is 7.65. The summed E-state index contributed by atoms with van der Waals surface area (Å²) in [5, 5.41) is 7.86. The van der Waals surface area contributed by atoms with Gasteiger partial charge in [-0.05, 0) is 49.1 Å². The van der Waals surface area contributed by atoms with Gasteiger partial charge in [-0.3, -0.25) is 4.79 Å². The Morgan fingerprint density at radius 1 is 0.875 bits per heavy atom. The van der Waals surface area contributed by atoms with Crippen molar-refractivity contribution in [3.63, 3.8) is 0 Å². The molecule has 0 unspecified atom stereocenters. The first kappa shape index (κ1) is 20.6. The average molecular weight is 440 g/mol. The Kier molecular flexibility index (Phi) is 5.35. The van der Waals surface area contributed by atoms with Gasteiger partial charge in [0.15, 0.2) is 0 Å². The second-order valence-electron chi connectivity index (χ2n) is 8.18. The van der Waals surface area contributed by atoms with Gasteiger partial charge in [0.05, 0.1) is 21.9 Å². The monoisotopic (exact) mass is 439 g/mol. The van der Waals surface area contributed by atoms with Crippen molar-refractivity contribution in [1.82, 2.24) is 9.78 Å². The lowest BCUT2D eigenvalue weighted by molar-refractivity contribution is -0.115. The first-order chi connectivity index (χ1) is 15.5. The molecule has 0 saturated heterocycles. The number of hydrogen-bond acceptors (Lipinski definition) is 3. The molecule has 5 rings (SSSR count). The van der Waals surface area contributed by atoms with E-state index in [9.17, 15) is 4.79 Å². The van der Waals surface area contributed by atoms with Gasteiger partial charge in [-0.25, -0.2) is 4.68 Å². The largest absolute Gasteiger partial charge is 0.309 e. The Hall–Kier alpha value is -3.31. The fourth-order valence-electron chi connectivity index (χ4n) is 4.23. The number of aromatic nitrogens is 2. The van der Waals surface area contributed by atoms with Crippen LogP contribution in [-0.2, 0) is 4.79 Å². The molecule has 0 aliphatic carbocycles. The highest BCUT2D eigenvalue weighted by Crippen LogP contribution is 2.46. The minimum Gasteiger partial charge on any atom is -0.309 e. The molecule has 2 heterocycles. The molecule has 2 atom stereocenters. The molecule has 4 nitrogen and oxygen atoms in total. The van der Waals surface area contributed by atoms with Crippen LogP contribution in [0.15, 0.2) is 78.9 Å². The van der Waals surface area contributed by atoms with Gasteiger partial charge in [-0.15, -0.1) is 11.8 Å². The first-order valence-electron chi connectivity index (χ1n) is 10.8. The van der Waals surface area contributed by atoms with E-state index in [-0.39, 0.29) is 16.4 Å². The summed E-state index contributed by atoms with van der Waals surface area (Å²) < 4.78 is 1.89. The topological polar surface area (TPSA) is 46.9 Å². The summed E-state index contributed by atoms with van der Waals surface area (Å²) >= 11 is 1.67. The summed E-state index contributed by atoms with van der Waals surface area (Å²) in [6.07, 6.45) is 0. The van der Waals surface area contributed by atoms with Crippen molar-refractivity contribution in [3.05, 3.63) is 101 Å². The second-order valence-corrected chi connectivity index (χ2v) is 9.63. The van der Waals surface area contributed by atoms with E-state index >= 15 is 0 Å². The van der Waals surface area contributed by atoms with Crippen molar-refractivity contribution in [1.29, 1.82) is 0 Å². The zero-order valence-electron chi connectivity index (χ0n) is 18.4. The van der Waals surface area contributed by atoms with Gasteiger partial charge < -0.3 is 5.32 Å². The number of nitrogens with zero attached hydrogens (tertiary/aromatic N) is 2. The number of anilines is 1. The molecular weight excluding hydrogens is 414 g/mol. The van der Waals surface area contributed by atoms with Gasteiger partial charge in [-0.2, -0.15) is 5.10 Å². The van der Waals surface area contributed by atoms with Crippen LogP contribution in [0, 0.1) is 13.8 Å². The highest BCUT2D eigenvalue weighted by Gasteiger charge is 2.34. The molecule has 0 bridgehead atoms. The van der Waals surface area contributed by atoms with Crippen LogP contribution in [0.4, 0.5) is 5.82 Å². The number of aryl methyl sites for hydroxylation is 2. The molecule has 0 radical (unpaired) electrons. The molecule has 0 saturated carbocycles. The minimum absolute atomic E-state index is 0.00869. The Morgan fingerprint density at radius 2 is 1.53 bits per heavy atom. The molecule has 0 spiro atoms. The Bertz CT molecular complexity index is 1280. The quantitative estimate of drug-likeness (QED) is 0.406. The molecule has 0 fully saturated rings. The van der Waals surface area contributed by atoms with Gasteiger partial charge in [0, 0.05) is 5.56 Å². The van der Waals surface area contributed by atoms with Gasteiger partial charge in [0.25, 0.3) is 0 Å². The standard InChI is InChI=1S/C27H25N3OS/c1-17-9-7-8-12-23(17)30-26-24(18(2)29-30)25(32-19(3)27(31)28-26)22-15-13-21(14-16-22)20-10-5-4-6-11-20/h4-16,19,25H,1-3H3,(H,28,31)/t19-,25+/m0/s1. The SMILES string of the molecule is Cc1ccccc1-n1nc(C)c2c1NC(=O)[C@H](C)S[C@@H]2c1ccc(-c2ccccc2)cc1. The summed E-state index contributed by atoms with van der Waals surface area (Å²) in [6.45, 7) is 6.06. The van der Waals surface area contributed by atoms with Gasteiger partial charge in [0.2, 0.25) is 5.91 Å². The number of benzene rings is 3. The summed E-state index contributed by atoms with van der Waals surface area (Å²) in [4.78, 5) is 12.9. The molecule has 1 aliphatic heterocycles. The van der Waals surface area contributed by atoms with Crippen LogP contribution >= 0.6 is 11.8 Å². The van der Waals surface area contributed by atoms with Crippen molar-refractivity contribution >= 4 is 23.5 Å². The number of rotatable bonds is 3. The van der Waals surface area contributed by atoms with Crippen LogP contribution in [0.25, 0.3) is 16.8 Å². The van der Waals surface area contributed by atoms with Crippen LogP contribution in [-0.4, -0.2) is 20.9 Å². The van der Waals surface area contributed by atoms with Crippen molar-refractivity contribution in [2.24, 2.45) is 0 Å². The minimum atomic E-state index is -0.175. The molecule has 32 heavy (non-hydrogen) atoms. The van der Waals surface area contributed by atoms with Crippen LogP contribution in [0.3, 0.4) is 0 Å². The van der Waals surface area contributed by atoms with Gasteiger partial charge >= 0.3 is 0 Å². The van der Waals surface area contributed by atoms with Crippen molar-refractivity contribution in [2.75, 3.05) is 5.32 Å². The molecule has 1 N–H and O–H groups in total. The predicted molar refractivity (Wildman–Crippen MR) is 132 cm³/mol. The first-order valence-corrected chi connectivity index (χ1v) is 11.7. The normalized spacial score (nSPS) is 18.0. The zero-order chi connectivity index (χ0) is 22.2. The fourth-order valence-corrected chi connectivity index (χ4v) is 5.55. The van der Waals surface area contributed by atoms with Gasteiger partial charge in [-0.1, -0.05) is 72.8 Å². The number of thioether (sulfide) groups is 1. The van der Waals surface area contributed by atoms with E-state index in [4.69, 9.17) is 5.10 Å².